The smallest absolute Gasteiger partial charge is 0.244 e. The number of nitrogens with zero attached hydrogens (tertiary/aromatic N) is 1. The van der Waals surface area contributed by atoms with Gasteiger partial charge in [0.15, 0.2) is 0 Å². The number of fused-ring (bicyclic) bond motifs is 1. The number of ether oxygens (including phenoxy) is 1. The third-order valence-electron chi connectivity index (χ3n) is 5.48. The number of aryl methyl sites for hydroxylation is 1. The Morgan fingerprint density at radius 3 is 2.61 bits per heavy atom. The van der Waals surface area contributed by atoms with E-state index in [0.29, 0.717) is 18.2 Å². The molecule has 2 heterocycles. The predicted octanol–water partition coefficient (Wildman–Crippen LogP) is 6.58. The van der Waals surface area contributed by atoms with Crippen LogP contribution in [0.4, 0.5) is 0 Å². The number of amides is 1. The fourth-order valence-electron chi connectivity index (χ4n) is 3.81. The zero-order valence-electron chi connectivity index (χ0n) is 18.8. The molecule has 168 valence electrons. The summed E-state index contributed by atoms with van der Waals surface area (Å²) in [7, 11) is 0. The number of furan rings is 1. The second-order valence-electron chi connectivity index (χ2n) is 7.74. The number of allylic oxidation sites excluding steroid dienone is 1. The Kier molecular flexibility index (Phi) is 6.80. The molecule has 0 bridgehead atoms. The summed E-state index contributed by atoms with van der Waals surface area (Å²) in [6.45, 7) is 6.77. The normalized spacial score (nSPS) is 11.6. The van der Waals surface area contributed by atoms with Crippen molar-refractivity contribution in [1.29, 1.82) is 0 Å². The minimum Gasteiger partial charge on any atom is -0.493 e. The van der Waals surface area contributed by atoms with Crippen molar-refractivity contribution < 1.29 is 13.9 Å². The third kappa shape index (κ3) is 4.94. The fraction of sp³-hybridized carbons (Fsp3) is 0.185. The van der Waals surface area contributed by atoms with Gasteiger partial charge in [0.2, 0.25) is 5.91 Å². The molecule has 1 N–H and O–H groups in total. The molecule has 1 amide bonds. The second kappa shape index (κ2) is 9.92. The van der Waals surface area contributed by atoms with Crippen LogP contribution in [-0.2, 0) is 11.3 Å². The molecule has 0 aliphatic rings. The average Bonchev–Trinajstić information content (AvgIpc) is 3.25. The highest BCUT2D eigenvalue weighted by Crippen LogP contribution is 2.40. The summed E-state index contributed by atoms with van der Waals surface area (Å²) >= 11 is 6.06. The molecular weight excluding hydrogens is 436 g/mol. The van der Waals surface area contributed by atoms with E-state index in [9.17, 15) is 4.79 Å². The van der Waals surface area contributed by atoms with Crippen LogP contribution in [0.5, 0.6) is 5.75 Å². The number of carbonyl (C=O) groups excluding carboxylic acids is 1. The first-order valence-electron chi connectivity index (χ1n) is 10.8. The van der Waals surface area contributed by atoms with Gasteiger partial charge in [0.1, 0.15) is 11.3 Å². The van der Waals surface area contributed by atoms with Crippen LogP contribution in [0.1, 0.15) is 30.5 Å². The Balaban J connectivity index is 1.72. The molecule has 0 spiro atoms. The molecular formula is C27H25ClN2O3. The van der Waals surface area contributed by atoms with E-state index in [-0.39, 0.29) is 5.91 Å². The van der Waals surface area contributed by atoms with Gasteiger partial charge in [-0.2, -0.15) is 0 Å². The molecule has 0 atom stereocenters. The number of carbonyl (C=O) groups is 1. The zero-order chi connectivity index (χ0) is 23.4. The molecule has 5 nitrogen and oxygen atoms in total. The van der Waals surface area contributed by atoms with Crippen LogP contribution in [0.25, 0.3) is 27.7 Å². The molecule has 0 radical (unpaired) electrons. The van der Waals surface area contributed by atoms with E-state index in [1.54, 1.807) is 24.7 Å². The Morgan fingerprint density at radius 1 is 1.18 bits per heavy atom. The number of hydrogen-bond donors (Lipinski definition) is 1. The SMILES string of the molecule is CCOc1c(/C(C)=C/C(=O)NCc2ccncc2)cc2c(-c3ccc(Cl)cc3)coc2c1C. The molecule has 0 saturated carbocycles. The topological polar surface area (TPSA) is 64.4 Å². The van der Waals surface area contributed by atoms with Crippen molar-refractivity contribution in [2.75, 3.05) is 6.61 Å². The zero-order valence-corrected chi connectivity index (χ0v) is 19.6. The number of aromatic nitrogens is 1. The van der Waals surface area contributed by atoms with E-state index in [1.165, 1.54) is 0 Å². The summed E-state index contributed by atoms with van der Waals surface area (Å²) in [5.74, 6) is 0.548. The number of hydrogen-bond acceptors (Lipinski definition) is 4. The lowest BCUT2D eigenvalue weighted by molar-refractivity contribution is -0.116. The van der Waals surface area contributed by atoms with Gasteiger partial charge in [-0.15, -0.1) is 0 Å². The van der Waals surface area contributed by atoms with Crippen LogP contribution in [0.3, 0.4) is 0 Å². The predicted molar refractivity (Wildman–Crippen MR) is 132 cm³/mol. The van der Waals surface area contributed by atoms with Gasteiger partial charge in [0, 0.05) is 52.1 Å². The molecule has 0 saturated heterocycles. The van der Waals surface area contributed by atoms with Crippen molar-refractivity contribution in [3.63, 3.8) is 0 Å². The summed E-state index contributed by atoms with van der Waals surface area (Å²) in [6, 6.07) is 13.4. The van der Waals surface area contributed by atoms with Gasteiger partial charge in [0.05, 0.1) is 12.9 Å². The first-order chi connectivity index (χ1) is 16.0. The van der Waals surface area contributed by atoms with Gasteiger partial charge in [-0.1, -0.05) is 23.7 Å². The monoisotopic (exact) mass is 460 g/mol. The molecule has 4 rings (SSSR count). The highest BCUT2D eigenvalue weighted by molar-refractivity contribution is 6.30. The summed E-state index contributed by atoms with van der Waals surface area (Å²) in [5, 5.41) is 4.56. The maximum absolute atomic E-state index is 12.6. The quantitative estimate of drug-likeness (QED) is 0.316. The largest absolute Gasteiger partial charge is 0.493 e. The minimum absolute atomic E-state index is 0.172. The Labute approximate surface area is 198 Å². The highest BCUT2D eigenvalue weighted by atomic mass is 35.5. The average molecular weight is 461 g/mol. The number of rotatable bonds is 7. The molecule has 0 fully saturated rings. The summed E-state index contributed by atoms with van der Waals surface area (Å²) in [5.41, 5.74) is 6.28. The Morgan fingerprint density at radius 2 is 1.91 bits per heavy atom. The minimum atomic E-state index is -0.172. The second-order valence-corrected chi connectivity index (χ2v) is 8.18. The summed E-state index contributed by atoms with van der Waals surface area (Å²) in [6.07, 6.45) is 6.77. The first-order valence-corrected chi connectivity index (χ1v) is 11.1. The van der Waals surface area contributed by atoms with Crippen LogP contribution < -0.4 is 10.1 Å². The van der Waals surface area contributed by atoms with Crippen LogP contribution in [0.15, 0.2) is 71.6 Å². The molecule has 0 aliphatic heterocycles. The molecule has 0 unspecified atom stereocenters. The van der Waals surface area contributed by atoms with Gasteiger partial charge in [-0.05, 0) is 67.8 Å². The van der Waals surface area contributed by atoms with Gasteiger partial charge in [-0.25, -0.2) is 0 Å². The van der Waals surface area contributed by atoms with Crippen molar-refractivity contribution >= 4 is 34.1 Å². The van der Waals surface area contributed by atoms with Crippen LogP contribution in [0, 0.1) is 6.92 Å². The van der Waals surface area contributed by atoms with Gasteiger partial charge >= 0.3 is 0 Å². The van der Waals surface area contributed by atoms with Crippen molar-refractivity contribution in [3.8, 4) is 16.9 Å². The number of nitrogens with one attached hydrogen (secondary N) is 1. The Hall–Kier alpha value is -3.57. The number of pyridine rings is 1. The standard InChI is InChI=1S/C27H25ClN2O3/c1-4-32-26-18(3)27-23(24(16-33-27)20-5-7-21(28)8-6-20)14-22(26)17(2)13-25(31)30-15-19-9-11-29-12-10-19/h5-14,16H,4,15H2,1-3H3,(H,30,31)/b17-13+. The van der Waals surface area contributed by atoms with E-state index < -0.39 is 0 Å². The van der Waals surface area contributed by atoms with Crippen molar-refractivity contribution in [2.24, 2.45) is 0 Å². The summed E-state index contributed by atoms with van der Waals surface area (Å²) < 4.78 is 11.9. The molecule has 4 aromatic rings. The molecule has 2 aromatic heterocycles. The molecule has 6 heteroatoms. The first kappa shape index (κ1) is 22.6. The fourth-order valence-corrected chi connectivity index (χ4v) is 3.93. The van der Waals surface area contributed by atoms with Crippen molar-refractivity contribution in [3.05, 3.63) is 88.9 Å². The van der Waals surface area contributed by atoms with E-state index in [0.717, 1.165) is 50.1 Å². The van der Waals surface area contributed by atoms with Crippen LogP contribution in [-0.4, -0.2) is 17.5 Å². The van der Waals surface area contributed by atoms with Gasteiger partial charge < -0.3 is 14.5 Å². The number of halogens is 1. The molecule has 33 heavy (non-hydrogen) atoms. The molecule has 2 aromatic carbocycles. The van der Waals surface area contributed by atoms with Crippen LogP contribution >= 0.6 is 11.6 Å². The van der Waals surface area contributed by atoms with Gasteiger partial charge in [0.25, 0.3) is 0 Å². The van der Waals surface area contributed by atoms with E-state index in [2.05, 4.69) is 10.3 Å². The lowest BCUT2D eigenvalue weighted by atomic mass is 9.96. The van der Waals surface area contributed by atoms with Crippen molar-refractivity contribution in [2.45, 2.75) is 27.3 Å². The van der Waals surface area contributed by atoms with Crippen LogP contribution in [0.2, 0.25) is 5.02 Å². The molecule has 0 aliphatic carbocycles. The van der Waals surface area contributed by atoms with E-state index >= 15 is 0 Å². The Bertz CT molecular complexity index is 1310. The maximum atomic E-state index is 12.6. The lowest BCUT2D eigenvalue weighted by Crippen LogP contribution is -2.20. The van der Waals surface area contributed by atoms with Crippen molar-refractivity contribution in [1.82, 2.24) is 10.3 Å². The third-order valence-corrected chi connectivity index (χ3v) is 5.73. The van der Waals surface area contributed by atoms with Gasteiger partial charge in [-0.3, -0.25) is 9.78 Å². The summed E-state index contributed by atoms with van der Waals surface area (Å²) in [4.78, 5) is 16.6. The highest BCUT2D eigenvalue weighted by Gasteiger charge is 2.19. The van der Waals surface area contributed by atoms with E-state index in [1.807, 2.05) is 63.2 Å². The maximum Gasteiger partial charge on any atom is 0.244 e. The number of benzene rings is 2. The lowest BCUT2D eigenvalue weighted by Gasteiger charge is -2.15. The van der Waals surface area contributed by atoms with E-state index in [4.69, 9.17) is 20.8 Å².